The minimum atomic E-state index is -0.711. The first-order chi connectivity index (χ1) is 17.4. The molecule has 194 valence electrons. The van der Waals surface area contributed by atoms with Gasteiger partial charge in [0.15, 0.2) is 0 Å². The van der Waals surface area contributed by atoms with E-state index >= 15 is 0 Å². The molecule has 0 saturated carbocycles. The predicted molar refractivity (Wildman–Crippen MR) is 135 cm³/mol. The lowest BCUT2D eigenvalue weighted by atomic mass is 9.93. The Balaban J connectivity index is 1.23. The molecule has 36 heavy (non-hydrogen) atoms. The number of ether oxygens (including phenoxy) is 2. The SMILES string of the molecule is CC(C)COC(=O)N1CCC(Oc2cc(C(=O)NCC(O)C3Cc4ccccc4CN3)ccn2)CC1. The zero-order valence-corrected chi connectivity index (χ0v) is 21.0. The van der Waals surface area contributed by atoms with Gasteiger partial charge in [0.05, 0.1) is 12.7 Å². The first-order valence-corrected chi connectivity index (χ1v) is 12.7. The number of carbonyl (C=O) groups is 2. The highest BCUT2D eigenvalue weighted by molar-refractivity contribution is 5.94. The van der Waals surface area contributed by atoms with Crippen LogP contribution in [0.1, 0.15) is 48.2 Å². The Labute approximate surface area is 212 Å². The highest BCUT2D eigenvalue weighted by Gasteiger charge is 2.26. The number of nitrogens with one attached hydrogen (secondary N) is 2. The largest absolute Gasteiger partial charge is 0.474 e. The number of carbonyl (C=O) groups excluding carboxylic acids is 2. The van der Waals surface area contributed by atoms with E-state index in [-0.39, 0.29) is 30.7 Å². The van der Waals surface area contributed by atoms with E-state index in [9.17, 15) is 14.7 Å². The third-order valence-corrected chi connectivity index (χ3v) is 6.57. The number of amides is 2. The number of pyridine rings is 1. The molecule has 3 heterocycles. The number of fused-ring (bicyclic) bond motifs is 1. The Kier molecular flexibility index (Phi) is 8.77. The lowest BCUT2D eigenvalue weighted by molar-refractivity contribution is 0.0605. The molecule has 1 aromatic carbocycles. The van der Waals surface area contributed by atoms with Crippen LogP contribution in [0.25, 0.3) is 0 Å². The molecule has 0 aliphatic carbocycles. The second-order valence-corrected chi connectivity index (χ2v) is 9.90. The second kappa shape index (κ2) is 12.2. The number of aromatic nitrogens is 1. The van der Waals surface area contributed by atoms with Crippen LogP contribution in [-0.2, 0) is 17.7 Å². The van der Waals surface area contributed by atoms with Crippen molar-refractivity contribution in [2.75, 3.05) is 26.2 Å². The lowest BCUT2D eigenvalue weighted by Gasteiger charge is -2.31. The van der Waals surface area contributed by atoms with Gasteiger partial charge in [0, 0.05) is 62.9 Å². The Morgan fingerprint density at radius 2 is 1.94 bits per heavy atom. The third-order valence-electron chi connectivity index (χ3n) is 6.57. The third kappa shape index (κ3) is 6.95. The maximum atomic E-state index is 12.7. The van der Waals surface area contributed by atoms with Gasteiger partial charge < -0.3 is 30.1 Å². The van der Waals surface area contributed by atoms with Gasteiger partial charge in [-0.25, -0.2) is 9.78 Å². The average molecular weight is 497 g/mol. The van der Waals surface area contributed by atoms with E-state index in [0.29, 0.717) is 62.9 Å². The van der Waals surface area contributed by atoms with E-state index in [0.717, 1.165) is 0 Å². The van der Waals surface area contributed by atoms with Crippen LogP contribution in [0.5, 0.6) is 5.88 Å². The summed E-state index contributed by atoms with van der Waals surface area (Å²) in [6.45, 7) is 6.38. The number of aliphatic hydroxyl groups is 1. The lowest BCUT2D eigenvalue weighted by Crippen LogP contribution is -2.49. The molecule has 2 atom stereocenters. The molecule has 4 rings (SSSR count). The summed E-state index contributed by atoms with van der Waals surface area (Å²) in [5.74, 6) is 0.380. The quantitative estimate of drug-likeness (QED) is 0.515. The van der Waals surface area contributed by atoms with Crippen molar-refractivity contribution in [3.05, 3.63) is 59.3 Å². The Hall–Kier alpha value is -3.17. The van der Waals surface area contributed by atoms with Crippen LogP contribution in [0.2, 0.25) is 0 Å². The van der Waals surface area contributed by atoms with Crippen molar-refractivity contribution < 1.29 is 24.2 Å². The fraction of sp³-hybridized carbons (Fsp3) is 0.519. The van der Waals surface area contributed by atoms with Crippen molar-refractivity contribution >= 4 is 12.0 Å². The molecule has 0 radical (unpaired) electrons. The molecule has 3 N–H and O–H groups in total. The molecule has 1 aromatic heterocycles. The van der Waals surface area contributed by atoms with Crippen LogP contribution in [-0.4, -0.2) is 71.5 Å². The Morgan fingerprint density at radius 1 is 1.19 bits per heavy atom. The molecular weight excluding hydrogens is 460 g/mol. The predicted octanol–water partition coefficient (Wildman–Crippen LogP) is 2.52. The molecule has 1 fully saturated rings. The Morgan fingerprint density at radius 3 is 2.69 bits per heavy atom. The van der Waals surface area contributed by atoms with E-state index < -0.39 is 6.10 Å². The molecule has 9 heteroatoms. The first kappa shape index (κ1) is 25.9. The van der Waals surface area contributed by atoms with Crippen LogP contribution in [0.15, 0.2) is 42.6 Å². The molecule has 2 aliphatic rings. The smallest absolute Gasteiger partial charge is 0.409 e. The summed E-state index contributed by atoms with van der Waals surface area (Å²) >= 11 is 0. The number of hydrogen-bond acceptors (Lipinski definition) is 7. The van der Waals surface area contributed by atoms with Crippen LogP contribution >= 0.6 is 0 Å². The number of aliphatic hydroxyl groups excluding tert-OH is 1. The normalized spacial score (nSPS) is 18.9. The molecule has 2 amide bonds. The van der Waals surface area contributed by atoms with Crippen molar-refractivity contribution in [1.82, 2.24) is 20.5 Å². The van der Waals surface area contributed by atoms with Gasteiger partial charge in [-0.05, 0) is 29.5 Å². The Bertz CT molecular complexity index is 1040. The van der Waals surface area contributed by atoms with Gasteiger partial charge in [-0.1, -0.05) is 38.1 Å². The summed E-state index contributed by atoms with van der Waals surface area (Å²) in [6, 6.07) is 11.3. The van der Waals surface area contributed by atoms with Gasteiger partial charge in [0.2, 0.25) is 5.88 Å². The van der Waals surface area contributed by atoms with Gasteiger partial charge in [-0.2, -0.15) is 0 Å². The molecular formula is C27H36N4O5. The molecule has 2 aliphatic heterocycles. The molecule has 1 saturated heterocycles. The van der Waals surface area contributed by atoms with Gasteiger partial charge >= 0.3 is 6.09 Å². The highest BCUT2D eigenvalue weighted by atomic mass is 16.6. The molecule has 0 spiro atoms. The van der Waals surface area contributed by atoms with E-state index in [1.807, 2.05) is 26.0 Å². The van der Waals surface area contributed by atoms with E-state index in [4.69, 9.17) is 9.47 Å². The summed E-state index contributed by atoms with van der Waals surface area (Å²) in [4.78, 5) is 30.8. The average Bonchev–Trinajstić information content (AvgIpc) is 2.90. The topological polar surface area (TPSA) is 113 Å². The number of benzene rings is 1. The van der Waals surface area contributed by atoms with E-state index in [1.165, 1.54) is 11.1 Å². The standard InChI is InChI=1S/C27H36N4O5/c1-18(2)17-35-27(34)31-11-8-22(9-12-31)36-25-14-20(7-10-28-25)26(33)30-16-24(32)23-13-19-5-3-4-6-21(19)15-29-23/h3-7,10,14,18,22-24,29,32H,8-9,11-13,15-17H2,1-2H3,(H,30,33). The zero-order chi connectivity index (χ0) is 25.5. The van der Waals surface area contributed by atoms with E-state index in [1.54, 1.807) is 23.2 Å². The summed E-state index contributed by atoms with van der Waals surface area (Å²) < 4.78 is 11.3. The number of piperidine rings is 1. The van der Waals surface area contributed by atoms with Crippen molar-refractivity contribution in [3.8, 4) is 5.88 Å². The molecule has 0 bridgehead atoms. The summed E-state index contributed by atoms with van der Waals surface area (Å²) in [5, 5.41) is 16.8. The first-order valence-electron chi connectivity index (χ1n) is 12.7. The highest BCUT2D eigenvalue weighted by Crippen LogP contribution is 2.20. The summed E-state index contributed by atoms with van der Waals surface area (Å²) in [5.41, 5.74) is 2.88. The van der Waals surface area contributed by atoms with Crippen molar-refractivity contribution in [2.24, 2.45) is 5.92 Å². The number of nitrogens with zero attached hydrogens (tertiary/aromatic N) is 2. The van der Waals surface area contributed by atoms with Gasteiger partial charge in [-0.15, -0.1) is 0 Å². The molecule has 2 aromatic rings. The monoisotopic (exact) mass is 496 g/mol. The minimum Gasteiger partial charge on any atom is -0.474 e. The maximum absolute atomic E-state index is 12.7. The molecule has 2 unspecified atom stereocenters. The van der Waals surface area contributed by atoms with Crippen LogP contribution in [0, 0.1) is 5.92 Å². The van der Waals surface area contributed by atoms with Gasteiger partial charge in [0.25, 0.3) is 5.91 Å². The maximum Gasteiger partial charge on any atom is 0.409 e. The van der Waals surface area contributed by atoms with Crippen LogP contribution < -0.4 is 15.4 Å². The second-order valence-electron chi connectivity index (χ2n) is 9.90. The number of likely N-dealkylation sites (tertiary alicyclic amines) is 1. The van der Waals surface area contributed by atoms with Crippen molar-refractivity contribution in [1.29, 1.82) is 0 Å². The summed E-state index contributed by atoms with van der Waals surface area (Å²) in [7, 11) is 0. The molecule has 9 nitrogen and oxygen atoms in total. The van der Waals surface area contributed by atoms with Gasteiger partial charge in [0.1, 0.15) is 6.10 Å². The van der Waals surface area contributed by atoms with Crippen LogP contribution in [0.4, 0.5) is 4.79 Å². The van der Waals surface area contributed by atoms with Crippen molar-refractivity contribution in [3.63, 3.8) is 0 Å². The summed E-state index contributed by atoms with van der Waals surface area (Å²) in [6.07, 6.45) is 2.50. The van der Waals surface area contributed by atoms with Gasteiger partial charge in [-0.3, -0.25) is 4.79 Å². The number of hydrogen-bond donors (Lipinski definition) is 3. The zero-order valence-electron chi connectivity index (χ0n) is 21.0. The fourth-order valence-corrected chi connectivity index (χ4v) is 4.46. The van der Waals surface area contributed by atoms with E-state index in [2.05, 4.69) is 27.8 Å². The fourth-order valence-electron chi connectivity index (χ4n) is 4.46. The number of rotatable bonds is 8. The van der Waals surface area contributed by atoms with Crippen LogP contribution in [0.3, 0.4) is 0 Å². The van der Waals surface area contributed by atoms with Crippen molar-refractivity contribution in [2.45, 2.75) is 57.9 Å². The minimum absolute atomic E-state index is 0.0907.